The normalized spacial score (nSPS) is 10.0. The molecule has 0 unspecified atom stereocenters. The molecule has 2 N–H and O–H groups in total. The molecule has 1 rings (SSSR count). The number of rotatable bonds is 2. The van der Waals surface area contributed by atoms with Crippen molar-refractivity contribution in [1.82, 2.24) is 4.98 Å². The molecule has 0 aromatic carbocycles. The second kappa shape index (κ2) is 2.96. The van der Waals surface area contributed by atoms with Crippen LogP contribution in [0.3, 0.4) is 0 Å². The van der Waals surface area contributed by atoms with Crippen LogP contribution in [0.2, 0.25) is 5.02 Å². The molecule has 1 heterocycles. The number of hydrogen-bond acceptors (Lipinski definition) is 1. The van der Waals surface area contributed by atoms with Gasteiger partial charge in [0.05, 0.1) is 5.02 Å². The lowest BCUT2D eigenvalue weighted by molar-refractivity contribution is 0.0691. The van der Waals surface area contributed by atoms with Crippen molar-refractivity contribution < 1.29 is 9.90 Å². The van der Waals surface area contributed by atoms with Crippen molar-refractivity contribution in [3.05, 3.63) is 22.5 Å². The van der Waals surface area contributed by atoms with Crippen molar-refractivity contribution >= 4 is 17.6 Å². The highest BCUT2D eigenvalue weighted by Gasteiger charge is 2.08. The summed E-state index contributed by atoms with van der Waals surface area (Å²) in [6, 6.07) is 1.42. The van der Waals surface area contributed by atoms with E-state index in [-0.39, 0.29) is 5.69 Å². The Labute approximate surface area is 69.0 Å². The number of carbonyl (C=O) groups is 1. The molecule has 0 bridgehead atoms. The number of halogens is 1. The Morgan fingerprint density at radius 3 is 2.73 bits per heavy atom. The van der Waals surface area contributed by atoms with E-state index in [0.29, 0.717) is 11.4 Å². The third-order valence-corrected chi connectivity index (χ3v) is 1.77. The first-order chi connectivity index (χ1) is 5.15. The van der Waals surface area contributed by atoms with Gasteiger partial charge in [-0.15, -0.1) is 0 Å². The van der Waals surface area contributed by atoms with Gasteiger partial charge in [0.1, 0.15) is 5.69 Å². The summed E-state index contributed by atoms with van der Waals surface area (Å²) in [5, 5.41) is 9.02. The molecule has 60 valence electrons. The molecule has 1 aromatic heterocycles. The molecule has 0 spiro atoms. The van der Waals surface area contributed by atoms with Crippen LogP contribution in [0, 0.1) is 0 Å². The summed E-state index contributed by atoms with van der Waals surface area (Å²) in [5.74, 6) is -0.980. The average Bonchev–Trinajstić information content (AvgIpc) is 2.31. The fourth-order valence-corrected chi connectivity index (χ4v) is 1.13. The SMILES string of the molecule is CCc1[nH]c(C(=O)O)cc1Cl. The Morgan fingerprint density at radius 1 is 1.82 bits per heavy atom. The molecular weight excluding hydrogens is 166 g/mol. The molecule has 0 fully saturated rings. The maximum atomic E-state index is 10.4. The van der Waals surface area contributed by atoms with Crippen LogP contribution in [0.4, 0.5) is 0 Å². The second-order valence-electron chi connectivity index (χ2n) is 2.17. The minimum Gasteiger partial charge on any atom is -0.477 e. The van der Waals surface area contributed by atoms with Gasteiger partial charge in [0.2, 0.25) is 0 Å². The van der Waals surface area contributed by atoms with Crippen LogP contribution in [0.5, 0.6) is 0 Å². The molecule has 4 heteroatoms. The zero-order chi connectivity index (χ0) is 8.43. The number of H-pyrrole nitrogens is 1. The number of aromatic nitrogens is 1. The van der Waals surface area contributed by atoms with Gasteiger partial charge in [-0.3, -0.25) is 0 Å². The van der Waals surface area contributed by atoms with Crippen LogP contribution in [0.1, 0.15) is 23.1 Å². The van der Waals surface area contributed by atoms with E-state index in [1.54, 1.807) is 0 Å². The van der Waals surface area contributed by atoms with Gasteiger partial charge in [0.15, 0.2) is 0 Å². The summed E-state index contributed by atoms with van der Waals surface area (Å²) in [6.45, 7) is 1.91. The third kappa shape index (κ3) is 1.54. The fraction of sp³-hybridized carbons (Fsp3) is 0.286. The topological polar surface area (TPSA) is 53.1 Å². The quantitative estimate of drug-likeness (QED) is 0.718. The molecule has 0 saturated carbocycles. The van der Waals surface area contributed by atoms with Gasteiger partial charge in [-0.25, -0.2) is 4.79 Å². The Bertz CT molecular complexity index is 280. The number of nitrogens with one attached hydrogen (secondary N) is 1. The van der Waals surface area contributed by atoms with E-state index in [2.05, 4.69) is 4.98 Å². The van der Waals surface area contributed by atoms with Gasteiger partial charge in [-0.1, -0.05) is 18.5 Å². The molecule has 0 saturated heterocycles. The first-order valence-corrected chi connectivity index (χ1v) is 3.63. The summed E-state index contributed by atoms with van der Waals surface area (Å²) >= 11 is 5.69. The summed E-state index contributed by atoms with van der Waals surface area (Å²) in [7, 11) is 0. The number of carboxylic acids is 1. The van der Waals surface area contributed by atoms with Gasteiger partial charge in [0.25, 0.3) is 0 Å². The third-order valence-electron chi connectivity index (χ3n) is 1.43. The van der Waals surface area contributed by atoms with E-state index >= 15 is 0 Å². The molecule has 0 aliphatic rings. The molecule has 3 nitrogen and oxygen atoms in total. The van der Waals surface area contributed by atoms with E-state index < -0.39 is 5.97 Å². The van der Waals surface area contributed by atoms with Gasteiger partial charge < -0.3 is 10.1 Å². The number of aromatic carboxylic acids is 1. The lowest BCUT2D eigenvalue weighted by Gasteiger charge is -1.88. The van der Waals surface area contributed by atoms with Gasteiger partial charge in [-0.05, 0) is 12.5 Å². The van der Waals surface area contributed by atoms with Crippen LogP contribution >= 0.6 is 11.6 Å². The van der Waals surface area contributed by atoms with Crippen molar-refractivity contribution in [2.45, 2.75) is 13.3 Å². The smallest absolute Gasteiger partial charge is 0.352 e. The van der Waals surface area contributed by atoms with Crippen LogP contribution in [0.25, 0.3) is 0 Å². The number of hydrogen-bond donors (Lipinski definition) is 2. The molecule has 0 radical (unpaired) electrons. The number of aryl methyl sites for hydroxylation is 1. The van der Waals surface area contributed by atoms with Crippen LogP contribution in [0.15, 0.2) is 6.07 Å². The van der Waals surface area contributed by atoms with Crippen LogP contribution < -0.4 is 0 Å². The second-order valence-corrected chi connectivity index (χ2v) is 2.58. The molecule has 0 amide bonds. The van der Waals surface area contributed by atoms with E-state index in [1.165, 1.54) is 6.07 Å². The maximum absolute atomic E-state index is 10.4. The van der Waals surface area contributed by atoms with E-state index in [1.807, 2.05) is 6.92 Å². The summed E-state index contributed by atoms with van der Waals surface area (Å²) in [4.78, 5) is 13.1. The Hall–Kier alpha value is -0.960. The van der Waals surface area contributed by atoms with Crippen molar-refractivity contribution in [1.29, 1.82) is 0 Å². The molecule has 1 aromatic rings. The van der Waals surface area contributed by atoms with Crippen molar-refractivity contribution in [2.24, 2.45) is 0 Å². The highest BCUT2D eigenvalue weighted by Crippen LogP contribution is 2.17. The highest BCUT2D eigenvalue weighted by atomic mass is 35.5. The van der Waals surface area contributed by atoms with E-state index in [4.69, 9.17) is 16.7 Å². The minimum atomic E-state index is -0.980. The maximum Gasteiger partial charge on any atom is 0.352 e. The van der Waals surface area contributed by atoms with E-state index in [9.17, 15) is 4.79 Å². The minimum absolute atomic E-state index is 0.145. The molecule has 0 aliphatic carbocycles. The first-order valence-electron chi connectivity index (χ1n) is 3.25. The standard InChI is InChI=1S/C7H8ClNO2/c1-2-5-4(8)3-6(9-5)7(10)11/h3,9H,2H2,1H3,(H,10,11). The van der Waals surface area contributed by atoms with Gasteiger partial charge in [0, 0.05) is 5.69 Å². The van der Waals surface area contributed by atoms with Crippen LogP contribution in [-0.4, -0.2) is 16.1 Å². The highest BCUT2D eigenvalue weighted by molar-refractivity contribution is 6.31. The Morgan fingerprint density at radius 2 is 2.45 bits per heavy atom. The van der Waals surface area contributed by atoms with Crippen molar-refractivity contribution in [2.75, 3.05) is 0 Å². The summed E-state index contributed by atoms with van der Waals surface area (Å²) in [5.41, 5.74) is 0.913. The van der Waals surface area contributed by atoms with Crippen LogP contribution in [-0.2, 0) is 6.42 Å². The molecular formula is C7H8ClNO2. The predicted octanol–water partition coefficient (Wildman–Crippen LogP) is 1.93. The summed E-state index contributed by atoms with van der Waals surface area (Å²) in [6.07, 6.45) is 0.714. The molecule has 0 aliphatic heterocycles. The summed E-state index contributed by atoms with van der Waals surface area (Å²) < 4.78 is 0. The monoisotopic (exact) mass is 173 g/mol. The zero-order valence-corrected chi connectivity index (χ0v) is 6.77. The Kier molecular flexibility index (Phi) is 2.19. The largest absolute Gasteiger partial charge is 0.477 e. The zero-order valence-electron chi connectivity index (χ0n) is 6.02. The van der Waals surface area contributed by atoms with Crippen molar-refractivity contribution in [3.63, 3.8) is 0 Å². The average molecular weight is 174 g/mol. The Balaban J connectivity index is 3.05. The first kappa shape index (κ1) is 8.14. The molecule has 0 atom stereocenters. The fourth-order valence-electron chi connectivity index (χ4n) is 0.845. The number of carboxylic acid groups (broad SMARTS) is 1. The van der Waals surface area contributed by atoms with Gasteiger partial charge in [-0.2, -0.15) is 0 Å². The number of aromatic amines is 1. The lowest BCUT2D eigenvalue weighted by atomic mass is 10.3. The van der Waals surface area contributed by atoms with Gasteiger partial charge >= 0.3 is 5.97 Å². The lowest BCUT2D eigenvalue weighted by Crippen LogP contribution is -1.95. The molecule has 11 heavy (non-hydrogen) atoms. The van der Waals surface area contributed by atoms with Crippen molar-refractivity contribution in [3.8, 4) is 0 Å². The predicted molar refractivity (Wildman–Crippen MR) is 42.1 cm³/mol. The van der Waals surface area contributed by atoms with E-state index in [0.717, 1.165) is 5.69 Å².